The number of hydrogen-bond donors (Lipinski definition) is 1. The van der Waals surface area contributed by atoms with Gasteiger partial charge in [-0.05, 0) is 44.9 Å². The van der Waals surface area contributed by atoms with Gasteiger partial charge < -0.3 is 15.0 Å². The fourth-order valence-electron chi connectivity index (χ4n) is 2.02. The Morgan fingerprint density at radius 3 is 2.70 bits per heavy atom. The highest BCUT2D eigenvalue weighted by atomic mass is 35.5. The summed E-state index contributed by atoms with van der Waals surface area (Å²) in [4.78, 5) is 0. The molecule has 0 aliphatic heterocycles. The van der Waals surface area contributed by atoms with Crippen molar-refractivity contribution < 1.29 is 9.26 Å². The molecule has 0 spiro atoms. The van der Waals surface area contributed by atoms with Crippen LogP contribution in [0.3, 0.4) is 0 Å². The van der Waals surface area contributed by atoms with Crippen LogP contribution in [0, 0.1) is 13.8 Å². The summed E-state index contributed by atoms with van der Waals surface area (Å²) in [7, 11) is 0. The summed E-state index contributed by atoms with van der Waals surface area (Å²) in [6.45, 7) is 6.12. The lowest BCUT2D eigenvalue weighted by molar-refractivity contribution is 0.302. The molecule has 2 aromatic rings. The summed E-state index contributed by atoms with van der Waals surface area (Å²) >= 11 is 6.23. The van der Waals surface area contributed by atoms with Crippen molar-refractivity contribution in [1.82, 2.24) is 5.16 Å². The molecule has 0 bridgehead atoms. The van der Waals surface area contributed by atoms with E-state index in [9.17, 15) is 0 Å². The van der Waals surface area contributed by atoms with Gasteiger partial charge in [0.2, 0.25) is 0 Å². The highest BCUT2D eigenvalue weighted by Gasteiger charge is 2.11. The van der Waals surface area contributed by atoms with Gasteiger partial charge in [0.1, 0.15) is 18.1 Å². The molecule has 0 aliphatic rings. The third-order valence-corrected chi connectivity index (χ3v) is 3.40. The van der Waals surface area contributed by atoms with Crippen molar-refractivity contribution in [2.45, 2.75) is 39.8 Å². The molecule has 1 aromatic heterocycles. The van der Waals surface area contributed by atoms with Gasteiger partial charge in [-0.25, -0.2) is 0 Å². The zero-order valence-corrected chi connectivity index (χ0v) is 12.7. The van der Waals surface area contributed by atoms with Crippen LogP contribution in [-0.4, -0.2) is 11.2 Å². The molecule has 4 nitrogen and oxygen atoms in total. The predicted molar refractivity (Wildman–Crippen MR) is 79.1 cm³/mol. The topological polar surface area (TPSA) is 61.3 Å². The second kappa shape index (κ2) is 6.29. The van der Waals surface area contributed by atoms with E-state index in [1.807, 2.05) is 39.0 Å². The van der Waals surface area contributed by atoms with E-state index < -0.39 is 0 Å². The average molecular weight is 295 g/mol. The molecule has 1 aromatic carbocycles. The minimum absolute atomic E-state index is 0.111. The van der Waals surface area contributed by atoms with Crippen molar-refractivity contribution in [1.29, 1.82) is 0 Å². The van der Waals surface area contributed by atoms with Gasteiger partial charge in [0.05, 0.1) is 16.3 Å². The molecule has 0 radical (unpaired) electrons. The Balaban J connectivity index is 2.07. The van der Waals surface area contributed by atoms with Crippen LogP contribution in [-0.2, 0) is 13.0 Å². The van der Waals surface area contributed by atoms with Crippen molar-refractivity contribution in [3.8, 4) is 5.75 Å². The summed E-state index contributed by atoms with van der Waals surface area (Å²) in [5, 5.41) is 4.49. The highest BCUT2D eigenvalue weighted by Crippen LogP contribution is 2.27. The number of benzene rings is 1. The number of halogens is 1. The van der Waals surface area contributed by atoms with Crippen LogP contribution in [0.1, 0.15) is 29.5 Å². The standard InChI is InChI=1S/C15H19ClN2O2/c1-9(17)6-12-4-5-15(14(16)7-12)19-8-13-10(2)18-20-11(13)3/h4-5,7,9H,6,8,17H2,1-3H3. The second-order valence-electron chi connectivity index (χ2n) is 5.04. The van der Waals surface area contributed by atoms with Crippen molar-refractivity contribution in [2.75, 3.05) is 0 Å². The van der Waals surface area contributed by atoms with E-state index in [0.717, 1.165) is 29.0 Å². The minimum Gasteiger partial charge on any atom is -0.487 e. The summed E-state index contributed by atoms with van der Waals surface area (Å²) < 4.78 is 10.8. The van der Waals surface area contributed by atoms with Crippen LogP contribution in [0.5, 0.6) is 5.75 Å². The molecule has 2 rings (SSSR count). The quantitative estimate of drug-likeness (QED) is 0.918. The smallest absolute Gasteiger partial charge is 0.140 e. The van der Waals surface area contributed by atoms with E-state index in [-0.39, 0.29) is 6.04 Å². The molecular weight excluding hydrogens is 276 g/mol. The molecule has 108 valence electrons. The lowest BCUT2D eigenvalue weighted by atomic mass is 10.1. The maximum absolute atomic E-state index is 6.23. The van der Waals surface area contributed by atoms with Gasteiger partial charge in [-0.1, -0.05) is 22.8 Å². The van der Waals surface area contributed by atoms with Crippen LogP contribution in [0.4, 0.5) is 0 Å². The fraction of sp³-hybridized carbons (Fsp3) is 0.400. The zero-order valence-electron chi connectivity index (χ0n) is 11.9. The number of ether oxygens (including phenoxy) is 1. The van der Waals surface area contributed by atoms with Crippen molar-refractivity contribution in [3.63, 3.8) is 0 Å². The largest absolute Gasteiger partial charge is 0.487 e. The van der Waals surface area contributed by atoms with E-state index in [1.54, 1.807) is 0 Å². The first-order valence-electron chi connectivity index (χ1n) is 6.56. The van der Waals surface area contributed by atoms with Crippen molar-refractivity contribution >= 4 is 11.6 Å². The molecule has 1 unspecified atom stereocenters. The molecule has 1 atom stereocenters. The molecular formula is C15H19ClN2O2. The van der Waals surface area contributed by atoms with Crippen molar-refractivity contribution in [2.24, 2.45) is 5.73 Å². The van der Waals surface area contributed by atoms with Crippen LogP contribution in [0.2, 0.25) is 5.02 Å². The maximum Gasteiger partial charge on any atom is 0.140 e. The molecule has 0 aliphatic carbocycles. The van der Waals surface area contributed by atoms with Gasteiger partial charge >= 0.3 is 0 Å². The average Bonchev–Trinajstić information content (AvgIpc) is 2.68. The SMILES string of the molecule is Cc1noc(C)c1COc1ccc(CC(C)N)cc1Cl. The van der Waals surface area contributed by atoms with E-state index >= 15 is 0 Å². The van der Waals surface area contributed by atoms with E-state index in [2.05, 4.69) is 5.16 Å². The monoisotopic (exact) mass is 294 g/mol. The first kappa shape index (κ1) is 14.9. The van der Waals surface area contributed by atoms with Gasteiger partial charge in [-0.15, -0.1) is 0 Å². The number of rotatable bonds is 5. The van der Waals surface area contributed by atoms with E-state index in [0.29, 0.717) is 17.4 Å². The Kier molecular flexibility index (Phi) is 4.68. The molecule has 20 heavy (non-hydrogen) atoms. The second-order valence-corrected chi connectivity index (χ2v) is 5.44. The third-order valence-electron chi connectivity index (χ3n) is 3.11. The lowest BCUT2D eigenvalue weighted by Gasteiger charge is -2.10. The Bertz CT molecular complexity index is 574. The number of aromatic nitrogens is 1. The summed E-state index contributed by atoms with van der Waals surface area (Å²) in [6, 6.07) is 5.86. The Labute approximate surface area is 123 Å². The van der Waals surface area contributed by atoms with Crippen LogP contribution >= 0.6 is 11.6 Å². The number of hydrogen-bond acceptors (Lipinski definition) is 4. The molecule has 0 amide bonds. The number of nitrogens with two attached hydrogens (primary N) is 1. The van der Waals surface area contributed by atoms with Gasteiger partial charge in [0.15, 0.2) is 0 Å². The van der Waals surface area contributed by atoms with Gasteiger partial charge in [0, 0.05) is 6.04 Å². The molecule has 5 heteroatoms. The Morgan fingerprint density at radius 2 is 2.15 bits per heavy atom. The summed E-state index contributed by atoms with van der Waals surface area (Å²) in [5.74, 6) is 1.42. The van der Waals surface area contributed by atoms with Gasteiger partial charge in [-0.2, -0.15) is 0 Å². The number of nitrogens with zero attached hydrogens (tertiary/aromatic N) is 1. The number of aryl methyl sites for hydroxylation is 2. The zero-order chi connectivity index (χ0) is 14.7. The maximum atomic E-state index is 6.23. The van der Waals surface area contributed by atoms with Crippen molar-refractivity contribution in [3.05, 3.63) is 45.8 Å². The van der Waals surface area contributed by atoms with Crippen LogP contribution in [0.15, 0.2) is 22.7 Å². The molecule has 0 saturated carbocycles. The molecule has 0 saturated heterocycles. The summed E-state index contributed by atoms with van der Waals surface area (Å²) in [6.07, 6.45) is 0.796. The minimum atomic E-state index is 0.111. The highest BCUT2D eigenvalue weighted by molar-refractivity contribution is 6.32. The van der Waals surface area contributed by atoms with Gasteiger partial charge in [0.25, 0.3) is 0 Å². The first-order chi connectivity index (χ1) is 9.47. The molecule has 0 fully saturated rings. The Hall–Kier alpha value is -1.52. The van der Waals surface area contributed by atoms with E-state index in [1.165, 1.54) is 0 Å². The van der Waals surface area contributed by atoms with E-state index in [4.69, 9.17) is 26.6 Å². The molecule has 1 heterocycles. The molecule has 2 N–H and O–H groups in total. The normalized spacial score (nSPS) is 12.4. The van der Waals surface area contributed by atoms with Crippen LogP contribution < -0.4 is 10.5 Å². The van der Waals surface area contributed by atoms with Gasteiger partial charge in [-0.3, -0.25) is 0 Å². The first-order valence-corrected chi connectivity index (χ1v) is 6.93. The lowest BCUT2D eigenvalue weighted by Crippen LogP contribution is -2.17. The predicted octanol–water partition coefficient (Wildman–Crippen LogP) is 3.41. The Morgan fingerprint density at radius 1 is 1.40 bits per heavy atom. The summed E-state index contributed by atoms with van der Waals surface area (Å²) in [5.41, 5.74) is 8.68. The fourth-order valence-corrected chi connectivity index (χ4v) is 2.28. The van der Waals surface area contributed by atoms with Crippen LogP contribution in [0.25, 0.3) is 0 Å². The third kappa shape index (κ3) is 3.52.